The van der Waals surface area contributed by atoms with Crippen molar-refractivity contribution in [3.63, 3.8) is 0 Å². The van der Waals surface area contributed by atoms with Crippen LogP contribution in [0.4, 0.5) is 0 Å². The summed E-state index contributed by atoms with van der Waals surface area (Å²) in [6.07, 6.45) is 2.74. The minimum Gasteiger partial charge on any atom is -0.381 e. The monoisotopic (exact) mass is 114 g/mol. The summed E-state index contributed by atoms with van der Waals surface area (Å²) in [7, 11) is 1.77. The van der Waals surface area contributed by atoms with E-state index in [2.05, 4.69) is 5.32 Å². The van der Waals surface area contributed by atoms with Crippen molar-refractivity contribution in [2.24, 2.45) is 0 Å². The van der Waals surface area contributed by atoms with Crippen molar-refractivity contribution in [3.05, 3.63) is 0 Å². The SMILES string of the molecule is COC1CC[N+]CC1. The number of methoxy groups -OCH3 is 1. The van der Waals surface area contributed by atoms with Crippen molar-refractivity contribution in [1.29, 1.82) is 0 Å². The molecule has 1 aliphatic heterocycles. The Morgan fingerprint density at radius 1 is 1.38 bits per heavy atom. The van der Waals surface area contributed by atoms with Crippen molar-refractivity contribution in [2.45, 2.75) is 18.9 Å². The van der Waals surface area contributed by atoms with Gasteiger partial charge in [0.05, 0.1) is 11.4 Å². The third kappa shape index (κ3) is 1.46. The van der Waals surface area contributed by atoms with Crippen LogP contribution in [0.25, 0.3) is 0 Å². The molecule has 1 aliphatic rings. The Kier molecular flexibility index (Phi) is 2.30. The Morgan fingerprint density at radius 2 is 2.00 bits per heavy atom. The Labute approximate surface area is 50.2 Å². The number of nitrogens with zero attached hydrogens (tertiary/aromatic N) is 1. The maximum absolute atomic E-state index is 5.13. The number of piperidine rings is 1. The molecule has 0 atom stereocenters. The highest BCUT2D eigenvalue weighted by Gasteiger charge is 2.19. The fourth-order valence-corrected chi connectivity index (χ4v) is 0.962. The summed E-state index contributed by atoms with van der Waals surface area (Å²) in [5, 5.41) is 4.20. The second-order valence-corrected chi connectivity index (χ2v) is 2.11. The molecule has 0 aliphatic carbocycles. The molecule has 1 rings (SSSR count). The maximum atomic E-state index is 5.13. The predicted molar refractivity (Wildman–Crippen MR) is 31.9 cm³/mol. The molecule has 0 amide bonds. The van der Waals surface area contributed by atoms with Gasteiger partial charge in [-0.05, 0) is 0 Å². The van der Waals surface area contributed by atoms with E-state index < -0.39 is 0 Å². The molecule has 2 nitrogen and oxygen atoms in total. The van der Waals surface area contributed by atoms with Crippen LogP contribution in [-0.2, 0) is 4.74 Å². The molecule has 0 N–H and O–H groups in total. The maximum Gasteiger partial charge on any atom is 0.186 e. The van der Waals surface area contributed by atoms with Gasteiger partial charge in [-0.15, -0.1) is 0 Å². The van der Waals surface area contributed by atoms with Gasteiger partial charge in [-0.2, -0.15) is 0 Å². The summed E-state index contributed by atoms with van der Waals surface area (Å²) in [5.41, 5.74) is 0. The Bertz CT molecular complexity index is 59.5. The molecule has 0 aromatic carbocycles. The highest BCUT2D eigenvalue weighted by molar-refractivity contribution is 4.66. The first-order valence-electron chi connectivity index (χ1n) is 3.09. The fourth-order valence-electron chi connectivity index (χ4n) is 0.962. The van der Waals surface area contributed by atoms with Crippen molar-refractivity contribution in [1.82, 2.24) is 5.32 Å². The van der Waals surface area contributed by atoms with Gasteiger partial charge in [0, 0.05) is 20.0 Å². The Hall–Kier alpha value is -0.0800. The van der Waals surface area contributed by atoms with Gasteiger partial charge in [-0.25, -0.2) is 0 Å². The third-order valence-electron chi connectivity index (χ3n) is 1.55. The lowest BCUT2D eigenvalue weighted by molar-refractivity contribution is 0.0757. The van der Waals surface area contributed by atoms with Gasteiger partial charge in [0.2, 0.25) is 0 Å². The number of rotatable bonds is 1. The minimum atomic E-state index is 0.493. The topological polar surface area (TPSA) is 23.3 Å². The van der Waals surface area contributed by atoms with Gasteiger partial charge in [0.25, 0.3) is 0 Å². The van der Waals surface area contributed by atoms with E-state index in [0.29, 0.717) is 6.10 Å². The molecule has 8 heavy (non-hydrogen) atoms. The molecule has 0 spiro atoms. The van der Waals surface area contributed by atoms with Crippen LogP contribution in [-0.4, -0.2) is 26.3 Å². The fraction of sp³-hybridized carbons (Fsp3) is 1.00. The van der Waals surface area contributed by atoms with Crippen LogP contribution < -0.4 is 5.32 Å². The molecule has 0 bridgehead atoms. The molecule has 0 aromatic rings. The van der Waals surface area contributed by atoms with Gasteiger partial charge < -0.3 is 4.74 Å². The van der Waals surface area contributed by atoms with E-state index in [-0.39, 0.29) is 0 Å². The molecule has 1 fully saturated rings. The molecule has 0 unspecified atom stereocenters. The summed E-state index contributed by atoms with van der Waals surface area (Å²) in [6, 6.07) is 0. The van der Waals surface area contributed by atoms with E-state index in [1.807, 2.05) is 0 Å². The van der Waals surface area contributed by atoms with Crippen molar-refractivity contribution < 1.29 is 4.74 Å². The molecule has 0 saturated carbocycles. The van der Waals surface area contributed by atoms with Crippen LogP contribution in [0, 0.1) is 0 Å². The first-order chi connectivity index (χ1) is 3.93. The van der Waals surface area contributed by atoms with Crippen LogP contribution in [0.2, 0.25) is 0 Å². The lowest BCUT2D eigenvalue weighted by atomic mass is 10.1. The smallest absolute Gasteiger partial charge is 0.186 e. The Morgan fingerprint density at radius 3 is 2.38 bits per heavy atom. The number of hydrogen-bond acceptors (Lipinski definition) is 1. The summed E-state index contributed by atoms with van der Waals surface area (Å²) in [4.78, 5) is 0. The van der Waals surface area contributed by atoms with Crippen molar-refractivity contribution >= 4 is 0 Å². The second-order valence-electron chi connectivity index (χ2n) is 2.11. The minimum absolute atomic E-state index is 0.493. The Balaban J connectivity index is 2.13. The van der Waals surface area contributed by atoms with Crippen molar-refractivity contribution in [2.75, 3.05) is 20.2 Å². The largest absolute Gasteiger partial charge is 0.381 e. The molecular weight excluding hydrogens is 102 g/mol. The van der Waals surface area contributed by atoms with Crippen LogP contribution in [0.5, 0.6) is 0 Å². The van der Waals surface area contributed by atoms with Crippen LogP contribution in [0.15, 0.2) is 0 Å². The van der Waals surface area contributed by atoms with Gasteiger partial charge in [-0.3, -0.25) is 0 Å². The van der Waals surface area contributed by atoms with E-state index in [9.17, 15) is 0 Å². The lowest BCUT2D eigenvalue weighted by Crippen LogP contribution is -2.27. The van der Waals surface area contributed by atoms with Crippen LogP contribution in [0.1, 0.15) is 12.8 Å². The summed E-state index contributed by atoms with van der Waals surface area (Å²) in [5.74, 6) is 0. The average Bonchev–Trinajstić information content (AvgIpc) is 1.90. The lowest BCUT2D eigenvalue weighted by Gasteiger charge is -2.12. The third-order valence-corrected chi connectivity index (χ3v) is 1.55. The van der Waals surface area contributed by atoms with E-state index >= 15 is 0 Å². The molecule has 46 valence electrons. The standard InChI is InChI=1S/C6H12NO/c1-8-6-2-4-7-5-3-6/h6H,2-5H2,1H3/q+1. The summed E-state index contributed by atoms with van der Waals surface area (Å²) < 4.78 is 5.13. The highest BCUT2D eigenvalue weighted by atomic mass is 16.5. The summed E-state index contributed by atoms with van der Waals surface area (Å²) >= 11 is 0. The highest BCUT2D eigenvalue weighted by Crippen LogP contribution is 2.05. The molecule has 2 heteroatoms. The molecule has 2 radical (unpaired) electrons. The number of hydrogen-bond donors (Lipinski definition) is 0. The van der Waals surface area contributed by atoms with Gasteiger partial charge in [0.1, 0.15) is 0 Å². The second kappa shape index (κ2) is 3.05. The molecular formula is C6H12NO+. The van der Waals surface area contributed by atoms with Crippen molar-refractivity contribution in [3.8, 4) is 0 Å². The normalized spacial score (nSPS) is 23.6. The quantitative estimate of drug-likeness (QED) is 0.484. The van der Waals surface area contributed by atoms with Crippen LogP contribution >= 0.6 is 0 Å². The summed E-state index contributed by atoms with van der Waals surface area (Å²) in [6.45, 7) is 2.00. The van der Waals surface area contributed by atoms with Gasteiger partial charge in [0.15, 0.2) is 13.1 Å². The van der Waals surface area contributed by atoms with E-state index in [0.717, 1.165) is 25.9 Å². The first kappa shape index (κ1) is 6.05. The molecule has 1 heterocycles. The van der Waals surface area contributed by atoms with Gasteiger partial charge >= 0.3 is 0 Å². The first-order valence-corrected chi connectivity index (χ1v) is 3.09. The predicted octanol–water partition coefficient (Wildman–Crippen LogP) is 0.400. The molecule has 0 aromatic heterocycles. The van der Waals surface area contributed by atoms with Gasteiger partial charge in [-0.1, -0.05) is 0 Å². The number of ether oxygens (including phenoxy) is 1. The van der Waals surface area contributed by atoms with Crippen LogP contribution in [0.3, 0.4) is 0 Å². The zero-order chi connectivity index (χ0) is 5.82. The average molecular weight is 114 g/mol. The van der Waals surface area contributed by atoms with E-state index in [1.54, 1.807) is 7.11 Å². The molecule has 1 saturated heterocycles. The van der Waals surface area contributed by atoms with E-state index in [1.165, 1.54) is 0 Å². The zero-order valence-electron chi connectivity index (χ0n) is 5.26. The zero-order valence-corrected chi connectivity index (χ0v) is 5.26. The van der Waals surface area contributed by atoms with E-state index in [4.69, 9.17) is 4.74 Å².